The first-order valence-corrected chi connectivity index (χ1v) is 17.7. The molecular weight excluding hydrogens is 600 g/mol. The first-order chi connectivity index (χ1) is 20.7. The second-order valence-electron chi connectivity index (χ2n) is 14.5. The first kappa shape index (κ1) is 34.2. The average Bonchev–Trinajstić information content (AvgIpc) is 3.74. The summed E-state index contributed by atoms with van der Waals surface area (Å²) in [6.45, 7) is 4.09. The molecule has 7 atom stereocenters. The monoisotopic (exact) mass is 649 g/mol. The van der Waals surface area contributed by atoms with Crippen LogP contribution in [-0.2, 0) is 0 Å². The van der Waals surface area contributed by atoms with Crippen molar-refractivity contribution in [3.05, 3.63) is 29.3 Å². The zero-order valence-electron chi connectivity index (χ0n) is 26.0. The lowest BCUT2D eigenvalue weighted by Gasteiger charge is -2.54. The quantitative estimate of drug-likeness (QED) is 0.156. The van der Waals surface area contributed by atoms with Gasteiger partial charge in [-0.2, -0.15) is 33.7 Å². The Hall–Kier alpha value is -1.13. The predicted molar refractivity (Wildman–Crippen MR) is 163 cm³/mol. The topological polar surface area (TPSA) is 43.7 Å². The fraction of sp³-hybridized carbons (Fsp3) is 0.824. The van der Waals surface area contributed by atoms with Gasteiger partial charge < -0.3 is 15.1 Å². The third-order valence-electron chi connectivity index (χ3n) is 12.0. The van der Waals surface area contributed by atoms with Gasteiger partial charge in [0.15, 0.2) is 0 Å². The Labute approximate surface area is 262 Å². The van der Waals surface area contributed by atoms with Crippen LogP contribution >= 0.6 is 11.8 Å². The molecule has 44 heavy (non-hydrogen) atoms. The van der Waals surface area contributed by atoms with E-state index in [2.05, 4.69) is 11.8 Å². The highest BCUT2D eigenvalue weighted by molar-refractivity contribution is 7.99. The summed E-state index contributed by atoms with van der Waals surface area (Å²) in [5.41, 5.74) is 1.81. The number of unbranched alkanes of at least 4 members (excludes halogenated alkanes) is 2. The van der Waals surface area contributed by atoms with Gasteiger partial charge in [-0.25, -0.2) is 4.39 Å². The molecule has 250 valence electrons. The van der Waals surface area contributed by atoms with Crippen LogP contribution in [0.5, 0.6) is 5.75 Å². The maximum atomic E-state index is 16.4. The van der Waals surface area contributed by atoms with Crippen LogP contribution in [0.25, 0.3) is 0 Å². The standard InChI is InChI=1S/C34H49F6NO2S/c1-31-13-11-24-23-10-9-22(42)20-26(23)30(35)25(29(24)27(31)21-28(43)32(31)14-15-32)8-4-3-5-16-41(2)17-7-19-44-18-6-12-33(36,37)34(38,39)40/h9-10,20,24-25,27-30,42-43H,3-8,11-19,21H2,1-2H3/t24?,25-,27?,28+,29?,30+,31-/m0/s1. The van der Waals surface area contributed by atoms with Crippen LogP contribution in [-0.4, -0.2) is 65.0 Å². The van der Waals surface area contributed by atoms with Crippen LogP contribution in [0.15, 0.2) is 18.2 Å². The number of thioether (sulfide) groups is 1. The number of alkyl halides is 6. The van der Waals surface area contributed by atoms with Gasteiger partial charge in [0, 0.05) is 11.8 Å². The van der Waals surface area contributed by atoms with E-state index in [1.54, 1.807) is 12.1 Å². The maximum Gasteiger partial charge on any atom is 0.453 e. The van der Waals surface area contributed by atoms with Crippen molar-refractivity contribution in [1.82, 2.24) is 4.90 Å². The van der Waals surface area contributed by atoms with Gasteiger partial charge in [0.05, 0.1) is 6.10 Å². The molecule has 1 spiro atoms. The number of nitrogens with zero attached hydrogens (tertiary/aromatic N) is 1. The van der Waals surface area contributed by atoms with Crippen molar-refractivity contribution in [3.63, 3.8) is 0 Å². The minimum Gasteiger partial charge on any atom is -0.508 e. The van der Waals surface area contributed by atoms with Crippen molar-refractivity contribution < 1.29 is 36.6 Å². The van der Waals surface area contributed by atoms with Crippen LogP contribution in [0.3, 0.4) is 0 Å². The average molecular weight is 650 g/mol. The fourth-order valence-corrected chi connectivity index (χ4v) is 10.3. The Balaban J connectivity index is 1.07. The molecule has 0 amide bonds. The van der Waals surface area contributed by atoms with Crippen LogP contribution in [0.1, 0.15) is 107 Å². The van der Waals surface area contributed by atoms with Crippen LogP contribution in [0.2, 0.25) is 0 Å². The first-order valence-electron chi connectivity index (χ1n) is 16.6. The number of fused-ring (bicyclic) bond motifs is 6. The van der Waals surface area contributed by atoms with Gasteiger partial charge in [0.25, 0.3) is 0 Å². The number of aliphatic hydroxyl groups excluding tert-OH is 1. The summed E-state index contributed by atoms with van der Waals surface area (Å²) >= 11 is 1.42. The van der Waals surface area contributed by atoms with Crippen LogP contribution in [0.4, 0.5) is 26.3 Å². The molecule has 3 fully saturated rings. The number of phenolic OH excluding ortho intramolecular Hbond substituents is 1. The summed E-state index contributed by atoms with van der Waals surface area (Å²) in [6.07, 6.45) is 1.33. The van der Waals surface area contributed by atoms with E-state index in [9.17, 15) is 32.2 Å². The molecule has 0 aromatic heterocycles. The summed E-state index contributed by atoms with van der Waals surface area (Å²) in [7, 11) is 2.03. The molecule has 0 saturated heterocycles. The van der Waals surface area contributed by atoms with Gasteiger partial charge in [-0.3, -0.25) is 0 Å². The molecule has 3 unspecified atom stereocenters. The SMILES string of the molecule is CN(CCCCC[C@H]1C2C(CC[C@@]3(C)C2C[C@@H](O)C32CC2)c2ccc(O)cc2[C@@H]1F)CCCSCCCC(F)(F)C(F)(F)F. The number of aliphatic hydroxyl groups is 1. The van der Waals surface area contributed by atoms with E-state index >= 15 is 4.39 Å². The minimum atomic E-state index is -5.47. The fourth-order valence-electron chi connectivity index (χ4n) is 9.45. The molecule has 3 nitrogen and oxygen atoms in total. The van der Waals surface area contributed by atoms with Gasteiger partial charge in [-0.1, -0.05) is 25.8 Å². The van der Waals surface area contributed by atoms with Crippen molar-refractivity contribution in [2.75, 3.05) is 31.6 Å². The zero-order chi connectivity index (χ0) is 31.9. The van der Waals surface area contributed by atoms with Crippen LogP contribution < -0.4 is 0 Å². The van der Waals surface area contributed by atoms with E-state index in [0.29, 0.717) is 11.5 Å². The molecule has 1 aromatic rings. The van der Waals surface area contributed by atoms with Crippen molar-refractivity contribution in [1.29, 1.82) is 0 Å². The van der Waals surface area contributed by atoms with Gasteiger partial charge in [0.1, 0.15) is 11.9 Å². The molecule has 5 rings (SSSR count). The summed E-state index contributed by atoms with van der Waals surface area (Å²) in [5, 5.41) is 21.4. The summed E-state index contributed by atoms with van der Waals surface area (Å²) in [4.78, 5) is 2.22. The number of aromatic hydroxyl groups is 1. The predicted octanol–water partition coefficient (Wildman–Crippen LogP) is 9.29. The highest BCUT2D eigenvalue weighted by Gasteiger charge is 2.71. The molecular formula is C34H49F6NO2S. The lowest BCUT2D eigenvalue weighted by atomic mass is 9.50. The largest absolute Gasteiger partial charge is 0.508 e. The van der Waals surface area contributed by atoms with Gasteiger partial charge in [-0.05, 0) is 142 Å². The normalized spacial score (nSPS) is 32.5. The van der Waals surface area contributed by atoms with Crippen LogP contribution in [0, 0.1) is 28.6 Å². The molecule has 0 heterocycles. The van der Waals surface area contributed by atoms with E-state index in [0.717, 1.165) is 88.6 Å². The smallest absolute Gasteiger partial charge is 0.453 e. The highest BCUT2D eigenvalue weighted by atomic mass is 32.2. The third kappa shape index (κ3) is 6.51. The number of halogens is 6. The number of hydrogen-bond acceptors (Lipinski definition) is 4. The Bertz CT molecular complexity index is 1130. The third-order valence-corrected chi connectivity index (χ3v) is 13.2. The molecule has 1 aromatic carbocycles. The highest BCUT2D eigenvalue weighted by Crippen LogP contribution is 2.77. The van der Waals surface area contributed by atoms with E-state index in [1.165, 1.54) is 11.8 Å². The number of phenols is 1. The lowest BCUT2D eigenvalue weighted by Crippen LogP contribution is -2.47. The Morgan fingerprint density at radius 2 is 1.66 bits per heavy atom. The molecule has 3 saturated carbocycles. The maximum absolute atomic E-state index is 16.4. The lowest BCUT2D eigenvalue weighted by molar-refractivity contribution is -0.284. The summed E-state index contributed by atoms with van der Waals surface area (Å²) < 4.78 is 79.1. The summed E-state index contributed by atoms with van der Waals surface area (Å²) in [5.74, 6) is -2.82. The summed E-state index contributed by atoms with van der Waals surface area (Å²) in [6, 6.07) is 5.26. The number of hydrogen-bond donors (Lipinski definition) is 2. The van der Waals surface area contributed by atoms with E-state index < -0.39 is 24.7 Å². The Morgan fingerprint density at radius 1 is 0.955 bits per heavy atom. The molecule has 10 heteroatoms. The second-order valence-corrected chi connectivity index (χ2v) is 15.7. The molecule has 0 bridgehead atoms. The van der Waals surface area contributed by atoms with Gasteiger partial charge >= 0.3 is 12.1 Å². The van der Waals surface area contributed by atoms with Gasteiger partial charge in [-0.15, -0.1) is 0 Å². The molecule has 4 aliphatic rings. The minimum absolute atomic E-state index is 0.0269. The van der Waals surface area contributed by atoms with Crippen molar-refractivity contribution >= 4 is 11.8 Å². The van der Waals surface area contributed by atoms with E-state index in [1.807, 2.05) is 13.1 Å². The van der Waals surface area contributed by atoms with Crippen molar-refractivity contribution in [2.24, 2.45) is 28.6 Å². The van der Waals surface area contributed by atoms with E-state index in [-0.39, 0.29) is 52.6 Å². The molecule has 0 radical (unpaired) electrons. The Morgan fingerprint density at radius 3 is 2.36 bits per heavy atom. The molecule has 2 N–H and O–H groups in total. The van der Waals surface area contributed by atoms with Gasteiger partial charge in [0.2, 0.25) is 0 Å². The molecule has 4 aliphatic carbocycles. The Kier molecular flexibility index (Phi) is 10.2. The zero-order valence-corrected chi connectivity index (χ0v) is 26.8. The van der Waals surface area contributed by atoms with Crippen molar-refractivity contribution in [2.45, 2.75) is 114 Å². The second kappa shape index (κ2) is 13.2. The number of rotatable bonds is 14. The van der Waals surface area contributed by atoms with Crippen molar-refractivity contribution in [3.8, 4) is 5.75 Å². The van der Waals surface area contributed by atoms with E-state index in [4.69, 9.17) is 0 Å². The molecule has 0 aliphatic heterocycles. The number of benzene rings is 1.